The van der Waals surface area contributed by atoms with E-state index in [-0.39, 0.29) is 17.1 Å². The molecule has 5 heteroatoms. The largest absolute Gasteiger partial charge is 0.479 e. The van der Waals surface area contributed by atoms with Gasteiger partial charge in [0.2, 0.25) is 0 Å². The van der Waals surface area contributed by atoms with Crippen LogP contribution >= 0.6 is 0 Å². The third-order valence-corrected chi connectivity index (χ3v) is 1.73. The van der Waals surface area contributed by atoms with E-state index in [1.54, 1.807) is 0 Å². The topological polar surface area (TPSA) is 42.2 Å². The van der Waals surface area contributed by atoms with Gasteiger partial charge in [0.1, 0.15) is 0 Å². The van der Waals surface area contributed by atoms with E-state index in [1.165, 1.54) is 18.2 Å². The van der Waals surface area contributed by atoms with Crippen LogP contribution in [0.3, 0.4) is 0 Å². The van der Waals surface area contributed by atoms with Gasteiger partial charge in [0, 0.05) is 6.07 Å². The molecule has 72 valence electrons. The quantitative estimate of drug-likeness (QED) is 0.638. The minimum absolute atomic E-state index is 0.0969. The molecule has 2 rings (SSSR count). The van der Waals surface area contributed by atoms with Gasteiger partial charge in [-0.25, -0.2) is 0 Å². The van der Waals surface area contributed by atoms with Crippen molar-refractivity contribution in [2.45, 2.75) is 6.11 Å². The number of hydrogen-bond acceptors (Lipinski definition) is 3. The Bertz CT molecular complexity index is 412. The Morgan fingerprint density at radius 1 is 1.36 bits per heavy atom. The molecule has 0 bridgehead atoms. The summed E-state index contributed by atoms with van der Waals surface area (Å²) in [7, 11) is 0. The Hall–Kier alpha value is -1.83. The van der Waals surface area contributed by atoms with Gasteiger partial charge in [-0.2, -0.15) is 14.0 Å². The molecule has 0 spiro atoms. The van der Waals surface area contributed by atoms with Crippen molar-refractivity contribution in [2.24, 2.45) is 0 Å². The molecule has 0 aromatic heterocycles. The summed E-state index contributed by atoms with van der Waals surface area (Å²) in [4.78, 5) is 0. The molecule has 0 atom stereocenters. The average Bonchev–Trinajstić information content (AvgIpc) is 2.15. The molecule has 1 heterocycles. The summed E-state index contributed by atoms with van der Waals surface area (Å²) in [6, 6.07) is 5.96. The maximum absolute atomic E-state index is 12.7. The molecule has 1 aromatic carbocycles. The van der Waals surface area contributed by atoms with E-state index < -0.39 is 12.7 Å². The Kier molecular flexibility index (Phi) is 1.78. The van der Waals surface area contributed by atoms with Crippen LogP contribution < -0.4 is 9.47 Å². The number of benzene rings is 1. The van der Waals surface area contributed by atoms with Crippen LogP contribution in [0.1, 0.15) is 5.56 Å². The van der Waals surface area contributed by atoms with Crippen molar-refractivity contribution in [2.75, 3.05) is 6.61 Å². The molecule has 0 N–H and O–H groups in total. The molecule has 0 amide bonds. The zero-order chi connectivity index (χ0) is 10.2. The van der Waals surface area contributed by atoms with E-state index in [0.717, 1.165) is 0 Å². The molecule has 1 aliphatic heterocycles. The summed E-state index contributed by atoms with van der Waals surface area (Å²) in [6.45, 7) is -0.800. The van der Waals surface area contributed by atoms with E-state index in [4.69, 9.17) is 10.00 Å². The monoisotopic (exact) mass is 197 g/mol. The first-order valence-electron chi connectivity index (χ1n) is 3.84. The van der Waals surface area contributed by atoms with E-state index in [1.807, 2.05) is 6.07 Å². The molecule has 0 saturated heterocycles. The second-order valence-electron chi connectivity index (χ2n) is 2.80. The van der Waals surface area contributed by atoms with E-state index in [0.29, 0.717) is 0 Å². The second-order valence-corrected chi connectivity index (χ2v) is 2.80. The van der Waals surface area contributed by atoms with E-state index in [2.05, 4.69) is 4.74 Å². The van der Waals surface area contributed by atoms with E-state index in [9.17, 15) is 8.78 Å². The van der Waals surface area contributed by atoms with Crippen molar-refractivity contribution in [3.05, 3.63) is 23.8 Å². The highest BCUT2D eigenvalue weighted by molar-refractivity contribution is 5.47. The van der Waals surface area contributed by atoms with Crippen LogP contribution in [0.2, 0.25) is 0 Å². The molecule has 14 heavy (non-hydrogen) atoms. The van der Waals surface area contributed by atoms with Crippen LogP contribution in [-0.4, -0.2) is 12.7 Å². The number of nitrogens with zero attached hydrogens (tertiary/aromatic N) is 1. The summed E-state index contributed by atoms with van der Waals surface area (Å²) < 4.78 is 34.5. The number of hydrogen-bond donors (Lipinski definition) is 0. The molecule has 1 aromatic rings. The molecular weight excluding hydrogens is 192 g/mol. The summed E-state index contributed by atoms with van der Waals surface area (Å²) in [6.07, 6.45) is -3.32. The van der Waals surface area contributed by atoms with Crippen LogP contribution in [0.15, 0.2) is 18.2 Å². The third-order valence-electron chi connectivity index (χ3n) is 1.73. The first-order valence-corrected chi connectivity index (χ1v) is 3.84. The van der Waals surface area contributed by atoms with Crippen molar-refractivity contribution in [1.82, 2.24) is 0 Å². The lowest BCUT2D eigenvalue weighted by Gasteiger charge is -2.25. The number of nitriles is 1. The molecular formula is C9H5F2NO2. The maximum atomic E-state index is 12.7. The van der Waals surface area contributed by atoms with Gasteiger partial charge in [-0.05, 0) is 12.1 Å². The van der Waals surface area contributed by atoms with Crippen LogP contribution in [0.5, 0.6) is 11.5 Å². The van der Waals surface area contributed by atoms with Crippen LogP contribution in [-0.2, 0) is 0 Å². The first-order chi connectivity index (χ1) is 6.61. The second kappa shape index (κ2) is 2.84. The van der Waals surface area contributed by atoms with Crippen LogP contribution in [0.4, 0.5) is 8.78 Å². The molecule has 3 nitrogen and oxygen atoms in total. The third kappa shape index (κ3) is 1.46. The van der Waals surface area contributed by atoms with Crippen molar-refractivity contribution in [3.63, 3.8) is 0 Å². The van der Waals surface area contributed by atoms with Gasteiger partial charge >= 0.3 is 6.11 Å². The predicted octanol–water partition coefficient (Wildman–Crippen LogP) is 1.92. The number of halogens is 2. The SMILES string of the molecule is N#Cc1ccc2c(c1)OC(F)(F)CO2. The van der Waals surface area contributed by atoms with Crippen LogP contribution in [0.25, 0.3) is 0 Å². The number of ether oxygens (including phenoxy) is 2. The Morgan fingerprint density at radius 2 is 2.14 bits per heavy atom. The highest BCUT2D eigenvalue weighted by Gasteiger charge is 2.38. The van der Waals surface area contributed by atoms with Gasteiger partial charge in [-0.3, -0.25) is 0 Å². The normalized spacial score (nSPS) is 17.2. The zero-order valence-corrected chi connectivity index (χ0v) is 6.96. The predicted molar refractivity (Wildman–Crippen MR) is 42.2 cm³/mol. The Morgan fingerprint density at radius 3 is 2.86 bits per heavy atom. The smallest absolute Gasteiger partial charge is 0.433 e. The lowest BCUT2D eigenvalue weighted by atomic mass is 10.2. The summed E-state index contributed by atoms with van der Waals surface area (Å²) >= 11 is 0. The Labute approximate surface area is 78.5 Å². The average molecular weight is 197 g/mol. The van der Waals surface area contributed by atoms with Gasteiger partial charge in [0.15, 0.2) is 18.1 Å². The highest BCUT2D eigenvalue weighted by atomic mass is 19.3. The first kappa shape index (κ1) is 8.75. The van der Waals surface area contributed by atoms with Crippen molar-refractivity contribution >= 4 is 0 Å². The highest BCUT2D eigenvalue weighted by Crippen LogP contribution is 2.36. The van der Waals surface area contributed by atoms with Gasteiger partial charge in [-0.15, -0.1) is 0 Å². The number of fused-ring (bicyclic) bond motifs is 1. The maximum Gasteiger partial charge on any atom is 0.433 e. The molecule has 1 aliphatic rings. The van der Waals surface area contributed by atoms with Gasteiger partial charge in [-0.1, -0.05) is 0 Å². The van der Waals surface area contributed by atoms with E-state index >= 15 is 0 Å². The molecule has 0 fully saturated rings. The number of rotatable bonds is 0. The van der Waals surface area contributed by atoms with Crippen molar-refractivity contribution in [3.8, 4) is 17.6 Å². The fraction of sp³-hybridized carbons (Fsp3) is 0.222. The standard InChI is InChI=1S/C9H5F2NO2/c10-9(11)5-13-7-2-1-6(4-12)3-8(7)14-9/h1-3H,5H2. The molecule has 0 unspecified atom stereocenters. The van der Waals surface area contributed by atoms with Crippen LogP contribution in [0, 0.1) is 11.3 Å². The summed E-state index contributed by atoms with van der Waals surface area (Å²) in [5.41, 5.74) is 0.255. The van der Waals surface area contributed by atoms with Gasteiger partial charge in [0.05, 0.1) is 11.6 Å². The summed E-state index contributed by atoms with van der Waals surface area (Å²) in [5, 5.41) is 8.54. The molecule has 0 saturated carbocycles. The minimum atomic E-state index is -3.32. The minimum Gasteiger partial charge on any atom is -0.479 e. The lowest BCUT2D eigenvalue weighted by Crippen LogP contribution is -2.35. The van der Waals surface area contributed by atoms with Gasteiger partial charge < -0.3 is 9.47 Å². The fourth-order valence-corrected chi connectivity index (χ4v) is 1.13. The Balaban J connectivity index is 2.40. The van der Waals surface area contributed by atoms with Gasteiger partial charge in [0.25, 0.3) is 0 Å². The fourth-order valence-electron chi connectivity index (χ4n) is 1.13. The molecule has 0 aliphatic carbocycles. The zero-order valence-electron chi connectivity index (χ0n) is 6.96. The summed E-state index contributed by atoms with van der Waals surface area (Å²) in [5.74, 6) is 0.134. The number of alkyl halides is 2. The van der Waals surface area contributed by atoms with Crippen molar-refractivity contribution in [1.29, 1.82) is 5.26 Å². The molecule has 0 radical (unpaired) electrons. The lowest BCUT2D eigenvalue weighted by molar-refractivity contribution is -0.208. The van der Waals surface area contributed by atoms with Crippen molar-refractivity contribution < 1.29 is 18.3 Å².